The van der Waals surface area contributed by atoms with Crippen LogP contribution in [0.4, 0.5) is 4.79 Å². The van der Waals surface area contributed by atoms with Crippen LogP contribution in [0.25, 0.3) is 0 Å². The number of alkyl carbamates (subject to hydrolysis) is 1. The van der Waals surface area contributed by atoms with E-state index in [2.05, 4.69) is 73.0 Å². The summed E-state index contributed by atoms with van der Waals surface area (Å²) in [6.07, 6.45) is 15.8. The van der Waals surface area contributed by atoms with E-state index in [1.807, 2.05) is 111 Å². The molecule has 0 bridgehead atoms. The lowest BCUT2D eigenvalue weighted by Gasteiger charge is -2.31. The predicted octanol–water partition coefficient (Wildman–Crippen LogP) is 12.4. The van der Waals surface area contributed by atoms with Crippen LogP contribution in [0.15, 0.2) is 158 Å². The Kier molecular flexibility index (Phi) is 34.0. The third-order valence-electron chi connectivity index (χ3n) is 21.7. The van der Waals surface area contributed by atoms with Crippen LogP contribution < -0.4 is 37.6 Å². The Balaban J connectivity index is 0.000000293. The van der Waals surface area contributed by atoms with Crippen LogP contribution in [0, 0.1) is 11.8 Å². The van der Waals surface area contributed by atoms with Crippen molar-refractivity contribution in [1.29, 1.82) is 0 Å². The lowest BCUT2D eigenvalue weighted by molar-refractivity contribution is -0.141. The van der Waals surface area contributed by atoms with Gasteiger partial charge in [0.05, 0.1) is 18.1 Å². The molecule has 3 aliphatic heterocycles. The van der Waals surface area contributed by atoms with Gasteiger partial charge in [-0.1, -0.05) is 162 Å². The van der Waals surface area contributed by atoms with Crippen molar-refractivity contribution in [3.8, 4) is 0 Å². The SMILES string of the molecule is C.C.C[C@@H](CCCNC(=O)c1ccc(C(=O)NCCC[C@H](C)C(=O)N2CCC[C@H]2C(=O)N[C@@H]2CCCc3ccccc32)cc1)C(=O)N1CCC[C@H]1C(=O)N[C@@H]1CCCc2ccccc21.NCCC[C@H](NC(=O)OCc1ccccc1)C(=O)N1CCC[C@H]1C(=O)N[C@H]1CCCc2ccccc21.O=COCc1ccccc1.[HH]. The number of ether oxygens (including phenoxy) is 2. The molecule has 9 amide bonds. The smallest absolute Gasteiger partial charge is 0.408 e. The van der Waals surface area contributed by atoms with Gasteiger partial charge in [0.25, 0.3) is 18.3 Å². The summed E-state index contributed by atoms with van der Waals surface area (Å²) in [5, 5.41) is 18.3. The Morgan fingerprint density at radius 1 is 0.455 bits per heavy atom. The molecule has 12 rings (SSSR count). The number of benzene rings is 6. The molecule has 8 N–H and O–H groups in total. The number of aryl methyl sites for hydroxylation is 3. The molecular weight excluding hydrogens is 1390 g/mol. The maximum absolute atomic E-state index is 13.5. The molecule has 6 aliphatic rings. The molecule has 6 aromatic rings. The predicted molar refractivity (Wildman–Crippen MR) is 428 cm³/mol. The van der Waals surface area contributed by atoms with Crippen LogP contribution in [0.5, 0.6) is 0 Å². The Bertz CT molecular complexity index is 3850. The van der Waals surface area contributed by atoms with Gasteiger partial charge in [-0.3, -0.25) is 43.2 Å². The summed E-state index contributed by atoms with van der Waals surface area (Å²) in [5.74, 6) is -1.66. The van der Waals surface area contributed by atoms with Crippen LogP contribution in [-0.4, -0.2) is 138 Å². The van der Waals surface area contributed by atoms with Gasteiger partial charge in [-0.25, -0.2) is 4.79 Å². The fourth-order valence-corrected chi connectivity index (χ4v) is 15.8. The van der Waals surface area contributed by atoms with Gasteiger partial charge in [0.2, 0.25) is 35.4 Å². The molecule has 3 aliphatic carbocycles. The lowest BCUT2D eigenvalue weighted by Crippen LogP contribution is -2.54. The zero-order valence-corrected chi connectivity index (χ0v) is 62.6. The Hall–Kier alpha value is -10.2. The summed E-state index contributed by atoms with van der Waals surface area (Å²) >= 11 is 0. The maximum Gasteiger partial charge on any atom is 0.408 e. The summed E-state index contributed by atoms with van der Waals surface area (Å²) in [5.41, 5.74) is 15.8. The highest BCUT2D eigenvalue weighted by Gasteiger charge is 2.41. The third kappa shape index (κ3) is 23.9. The molecule has 0 unspecified atom stereocenters. The van der Waals surface area contributed by atoms with Gasteiger partial charge < -0.3 is 61.8 Å². The van der Waals surface area contributed by atoms with Gasteiger partial charge in [-0.2, -0.15) is 0 Å². The number of nitrogens with two attached hydrogens (primary N) is 1. The Morgan fingerprint density at radius 3 is 1.20 bits per heavy atom. The molecule has 0 saturated carbocycles. The molecule has 3 saturated heterocycles. The molecule has 22 nitrogen and oxygen atoms in total. The minimum Gasteiger partial charge on any atom is -0.463 e. The van der Waals surface area contributed by atoms with Crippen molar-refractivity contribution in [1.82, 2.24) is 46.6 Å². The van der Waals surface area contributed by atoms with Crippen molar-refractivity contribution in [2.45, 2.75) is 219 Å². The van der Waals surface area contributed by atoms with Crippen LogP contribution >= 0.6 is 0 Å². The van der Waals surface area contributed by atoms with Gasteiger partial charge in [0.1, 0.15) is 37.4 Å². The molecule has 0 aromatic heterocycles. The van der Waals surface area contributed by atoms with Crippen molar-refractivity contribution in [3.63, 3.8) is 0 Å². The van der Waals surface area contributed by atoms with E-state index in [0.29, 0.717) is 121 Å². The van der Waals surface area contributed by atoms with E-state index in [9.17, 15) is 47.9 Å². The van der Waals surface area contributed by atoms with E-state index in [4.69, 9.17) is 10.5 Å². The fourth-order valence-electron chi connectivity index (χ4n) is 15.8. The second kappa shape index (κ2) is 43.8. The van der Waals surface area contributed by atoms with E-state index in [1.165, 1.54) is 27.8 Å². The summed E-state index contributed by atoms with van der Waals surface area (Å²) in [6, 6.07) is 47.8. The first kappa shape index (κ1) is 85.4. The molecular formula is C88H118N10O12. The molecule has 9 atom stereocenters. The fraction of sp³-hybridized carbons (Fsp3) is 0.477. The number of fused-ring (bicyclic) bond motifs is 3. The first-order chi connectivity index (χ1) is 52.6. The standard InChI is InChI=1S/C50H64N6O6.C28H36N4O4.C8H8O2.2CH4.H2/c1-33(49(61)55-31-11-23-43(55)47(59)53-41-21-7-17-35-15-3-5-19-39(35)41)13-9-29-51-45(57)37-25-27-38(28-26-37)46(58)52-30-10-14-34(2)50(62)56-32-12-24-44(56)48(60)54-42-22-8-18-36-16-4-6-20-40(36)42;29-17-7-15-24(31-28(35)36-19-20-9-2-1-3-10-20)27(34)32-18-8-16-25(32)26(33)30-23-14-6-12-21-11-4-5-13-22(21)23;9-7-10-6-8-4-2-1-3-5-8;;;/h3-6,15-16,19-20,25-28,33-34,41-44H,7-14,17-18,21-24,29-32H2,1-2H3,(H,51,57)(H,52,58)(H,53,59)(H,54,60);1-5,9-11,13,23-25H,6-8,12,14-19,29H2,(H,30,33)(H,31,35);1-5,7H,6H2;2*1H4;1H/t33-,34-,41+,42+,43-,44-;23-,24-,25-;;;;/m00..../s1. The Morgan fingerprint density at radius 2 is 0.818 bits per heavy atom. The monoisotopic (exact) mass is 1510 g/mol. The average Bonchev–Trinajstić information content (AvgIpc) is 1.81. The number of carbonyl (C=O) groups excluding carboxylic acids is 10. The van der Waals surface area contributed by atoms with Gasteiger partial charge >= 0.3 is 6.09 Å². The molecule has 592 valence electrons. The van der Waals surface area contributed by atoms with E-state index in [0.717, 1.165) is 93.7 Å². The van der Waals surface area contributed by atoms with Crippen LogP contribution in [0.3, 0.4) is 0 Å². The van der Waals surface area contributed by atoms with Crippen LogP contribution in [0.1, 0.15) is 229 Å². The first-order valence-corrected chi connectivity index (χ1v) is 39.1. The summed E-state index contributed by atoms with van der Waals surface area (Å²) in [6.45, 7) is 7.53. The van der Waals surface area contributed by atoms with Crippen molar-refractivity contribution in [3.05, 3.63) is 213 Å². The highest BCUT2D eigenvalue weighted by molar-refractivity contribution is 5.98. The van der Waals surface area contributed by atoms with Crippen molar-refractivity contribution >= 4 is 59.8 Å². The number of likely N-dealkylation sites (tertiary alicyclic amines) is 3. The van der Waals surface area contributed by atoms with Gasteiger partial charge in [0.15, 0.2) is 0 Å². The van der Waals surface area contributed by atoms with Crippen LogP contribution in [0.2, 0.25) is 0 Å². The molecule has 22 heteroatoms. The van der Waals surface area contributed by atoms with Gasteiger partial charge in [-0.05, 0) is 210 Å². The number of hydrogen-bond acceptors (Lipinski definition) is 13. The summed E-state index contributed by atoms with van der Waals surface area (Å²) < 4.78 is 9.87. The van der Waals surface area contributed by atoms with Gasteiger partial charge in [0, 0.05) is 57.1 Å². The number of nitrogens with one attached hydrogen (secondary N) is 6. The summed E-state index contributed by atoms with van der Waals surface area (Å²) in [7, 11) is 0. The first-order valence-electron chi connectivity index (χ1n) is 39.1. The van der Waals surface area contributed by atoms with Crippen molar-refractivity contribution < 1.29 is 58.8 Å². The topological polar surface area (TPSA) is 297 Å². The molecule has 110 heavy (non-hydrogen) atoms. The van der Waals surface area contributed by atoms with E-state index in [1.54, 1.807) is 39.0 Å². The second-order valence-corrected chi connectivity index (χ2v) is 29.3. The largest absolute Gasteiger partial charge is 0.463 e. The van der Waals surface area contributed by atoms with Gasteiger partial charge in [-0.15, -0.1) is 0 Å². The number of nitrogens with zero attached hydrogens (tertiary/aromatic N) is 3. The van der Waals surface area contributed by atoms with Crippen LogP contribution in [-0.2, 0) is 75.5 Å². The second-order valence-electron chi connectivity index (χ2n) is 29.3. The van der Waals surface area contributed by atoms with E-state index < -0.39 is 30.3 Å². The Labute approximate surface area is 651 Å². The number of carbonyl (C=O) groups is 10. The van der Waals surface area contributed by atoms with Crippen molar-refractivity contribution in [2.75, 3.05) is 39.3 Å². The normalized spacial score (nSPS) is 19.4. The summed E-state index contributed by atoms with van der Waals surface area (Å²) in [4.78, 5) is 134. The zero-order chi connectivity index (χ0) is 76.2. The highest BCUT2D eigenvalue weighted by Crippen LogP contribution is 2.34. The molecule has 0 radical (unpaired) electrons. The molecule has 3 heterocycles. The minimum absolute atomic E-state index is 0. The number of amides is 9. The van der Waals surface area contributed by atoms with Crippen molar-refractivity contribution in [2.24, 2.45) is 17.6 Å². The number of hydrogen-bond donors (Lipinski definition) is 7. The number of rotatable bonds is 28. The average molecular weight is 1510 g/mol. The maximum atomic E-state index is 13.5. The minimum atomic E-state index is -0.791. The molecule has 0 spiro atoms. The quantitative estimate of drug-likeness (QED) is 0.0178. The molecule has 6 aromatic carbocycles. The lowest BCUT2D eigenvalue weighted by atomic mass is 9.87. The van der Waals surface area contributed by atoms with E-state index in [-0.39, 0.29) is 100 Å². The third-order valence-corrected chi connectivity index (χ3v) is 21.7. The zero-order valence-electron chi connectivity index (χ0n) is 62.6. The van der Waals surface area contributed by atoms with E-state index >= 15 is 0 Å². The highest BCUT2D eigenvalue weighted by atomic mass is 16.5. The molecule has 3 fully saturated rings.